The van der Waals surface area contributed by atoms with Crippen LogP contribution in [0.15, 0.2) is 79.3 Å². The molecule has 1 fully saturated rings. The first-order valence-electron chi connectivity index (χ1n) is 9.84. The van der Waals surface area contributed by atoms with Crippen LogP contribution in [-0.2, 0) is 0 Å². The number of nitrogens with zero attached hydrogens (tertiary/aromatic N) is 4. The highest BCUT2D eigenvalue weighted by Crippen LogP contribution is 2.35. The summed E-state index contributed by atoms with van der Waals surface area (Å²) in [5.41, 5.74) is 5.33. The Morgan fingerprint density at radius 2 is 1.76 bits per heavy atom. The molecule has 0 spiro atoms. The third-order valence-electron chi connectivity index (χ3n) is 5.73. The molecule has 5 heteroatoms. The Hall–Kier alpha value is -3.73. The zero-order chi connectivity index (χ0) is 19.2. The number of para-hydroxylation sites is 1. The number of pyridine rings is 1. The minimum absolute atomic E-state index is 0.355. The third-order valence-corrected chi connectivity index (χ3v) is 5.73. The summed E-state index contributed by atoms with van der Waals surface area (Å²) in [5, 5.41) is 2.36. The van der Waals surface area contributed by atoms with Crippen LogP contribution < -0.4 is 4.90 Å². The van der Waals surface area contributed by atoms with Crippen molar-refractivity contribution >= 4 is 27.6 Å². The second-order valence-electron chi connectivity index (χ2n) is 7.53. The molecule has 2 aromatic carbocycles. The minimum Gasteiger partial charge on any atom is -0.361 e. The molecule has 6 rings (SSSR count). The van der Waals surface area contributed by atoms with Crippen LogP contribution in [0.2, 0.25) is 0 Å². The van der Waals surface area contributed by atoms with Crippen molar-refractivity contribution in [3.8, 4) is 11.3 Å². The molecule has 0 radical (unpaired) electrons. The van der Waals surface area contributed by atoms with Crippen molar-refractivity contribution < 1.29 is 0 Å². The van der Waals surface area contributed by atoms with Gasteiger partial charge in [0.15, 0.2) is 0 Å². The smallest absolute Gasteiger partial charge is 0.129 e. The van der Waals surface area contributed by atoms with Gasteiger partial charge < -0.3 is 9.88 Å². The largest absolute Gasteiger partial charge is 0.361 e. The summed E-state index contributed by atoms with van der Waals surface area (Å²) in [6, 6.07) is 21.0. The SMILES string of the molecule is c1ccc2nc(N3CC(c4nccnc4-c4ccc5[nH]ccc5c4)C3)ccc2c1. The van der Waals surface area contributed by atoms with Crippen molar-refractivity contribution in [2.75, 3.05) is 18.0 Å². The summed E-state index contributed by atoms with van der Waals surface area (Å²) in [4.78, 5) is 19.8. The molecule has 1 saturated heterocycles. The van der Waals surface area contributed by atoms with E-state index in [4.69, 9.17) is 9.97 Å². The van der Waals surface area contributed by atoms with Gasteiger partial charge in [0, 0.05) is 59.5 Å². The van der Waals surface area contributed by atoms with E-state index in [1.165, 1.54) is 10.8 Å². The first-order chi connectivity index (χ1) is 14.3. The highest BCUT2D eigenvalue weighted by molar-refractivity contribution is 5.85. The maximum absolute atomic E-state index is 4.82. The van der Waals surface area contributed by atoms with Crippen LogP contribution in [0, 0.1) is 0 Å². The molecule has 0 unspecified atom stereocenters. The molecule has 1 N–H and O–H groups in total. The lowest BCUT2D eigenvalue weighted by molar-refractivity contribution is 0.509. The molecule has 1 aliphatic rings. The van der Waals surface area contributed by atoms with Gasteiger partial charge in [-0.15, -0.1) is 0 Å². The molecule has 1 aliphatic heterocycles. The van der Waals surface area contributed by atoms with Gasteiger partial charge in [0.05, 0.1) is 16.9 Å². The Kier molecular flexibility index (Phi) is 3.59. The summed E-state index contributed by atoms with van der Waals surface area (Å²) in [6.45, 7) is 1.81. The number of rotatable bonds is 3. The van der Waals surface area contributed by atoms with E-state index in [1.807, 2.05) is 18.3 Å². The molecular weight excluding hydrogens is 358 g/mol. The van der Waals surface area contributed by atoms with Crippen molar-refractivity contribution in [1.29, 1.82) is 0 Å². The standard InChI is InChI=1S/C24H19N5/c1-2-4-21-16(3-1)6-8-22(28-21)29-14-19(15-29)24-23(26-11-12-27-24)18-5-7-20-17(13-18)9-10-25-20/h1-13,19,25H,14-15H2. The fourth-order valence-corrected chi connectivity index (χ4v) is 4.14. The van der Waals surface area contributed by atoms with E-state index in [2.05, 4.69) is 63.4 Å². The van der Waals surface area contributed by atoms with Gasteiger partial charge in [-0.05, 0) is 36.4 Å². The van der Waals surface area contributed by atoms with Crippen LogP contribution in [0.1, 0.15) is 11.6 Å². The Bertz CT molecular complexity index is 1330. The van der Waals surface area contributed by atoms with Crippen LogP contribution in [-0.4, -0.2) is 33.0 Å². The van der Waals surface area contributed by atoms with Crippen molar-refractivity contribution in [3.05, 3.63) is 84.9 Å². The highest BCUT2D eigenvalue weighted by Gasteiger charge is 2.32. The molecule has 0 bridgehead atoms. The van der Waals surface area contributed by atoms with E-state index in [0.717, 1.165) is 46.9 Å². The number of fused-ring (bicyclic) bond motifs is 2. The van der Waals surface area contributed by atoms with Gasteiger partial charge in [0.25, 0.3) is 0 Å². The molecular formula is C24H19N5. The topological polar surface area (TPSA) is 57.7 Å². The normalized spacial score (nSPS) is 14.4. The van der Waals surface area contributed by atoms with E-state index in [-0.39, 0.29) is 0 Å². The molecule has 5 aromatic rings. The lowest BCUT2D eigenvalue weighted by Gasteiger charge is -2.40. The number of benzene rings is 2. The maximum atomic E-state index is 4.82. The summed E-state index contributed by atoms with van der Waals surface area (Å²) >= 11 is 0. The molecule has 5 nitrogen and oxygen atoms in total. The van der Waals surface area contributed by atoms with Crippen LogP contribution >= 0.6 is 0 Å². The number of nitrogens with one attached hydrogen (secondary N) is 1. The monoisotopic (exact) mass is 377 g/mol. The van der Waals surface area contributed by atoms with Crippen molar-refractivity contribution in [1.82, 2.24) is 19.9 Å². The van der Waals surface area contributed by atoms with Gasteiger partial charge in [0.1, 0.15) is 5.82 Å². The predicted molar refractivity (Wildman–Crippen MR) is 116 cm³/mol. The average Bonchev–Trinajstić information content (AvgIpc) is 3.21. The van der Waals surface area contributed by atoms with Crippen molar-refractivity contribution in [2.45, 2.75) is 5.92 Å². The molecule has 4 heterocycles. The Labute approximate surface area is 168 Å². The predicted octanol–water partition coefficient (Wildman–Crippen LogP) is 4.78. The quantitative estimate of drug-likeness (QED) is 0.492. The van der Waals surface area contributed by atoms with Crippen LogP contribution in [0.4, 0.5) is 5.82 Å². The summed E-state index contributed by atoms with van der Waals surface area (Å²) in [7, 11) is 0. The minimum atomic E-state index is 0.355. The maximum Gasteiger partial charge on any atom is 0.129 e. The van der Waals surface area contributed by atoms with Gasteiger partial charge >= 0.3 is 0 Å². The molecule has 29 heavy (non-hydrogen) atoms. The highest BCUT2D eigenvalue weighted by atomic mass is 15.2. The van der Waals surface area contributed by atoms with Gasteiger partial charge in [-0.3, -0.25) is 9.97 Å². The molecule has 0 aliphatic carbocycles. The van der Waals surface area contributed by atoms with E-state index >= 15 is 0 Å². The Balaban J connectivity index is 1.29. The average molecular weight is 377 g/mol. The number of aromatic nitrogens is 4. The van der Waals surface area contributed by atoms with Crippen molar-refractivity contribution in [3.63, 3.8) is 0 Å². The zero-order valence-electron chi connectivity index (χ0n) is 15.8. The first kappa shape index (κ1) is 16.2. The molecule has 0 atom stereocenters. The fraction of sp³-hybridized carbons (Fsp3) is 0.125. The second-order valence-corrected chi connectivity index (χ2v) is 7.53. The first-order valence-corrected chi connectivity index (χ1v) is 9.84. The van der Waals surface area contributed by atoms with E-state index in [9.17, 15) is 0 Å². The number of anilines is 1. The van der Waals surface area contributed by atoms with E-state index < -0.39 is 0 Å². The summed E-state index contributed by atoms with van der Waals surface area (Å²) < 4.78 is 0. The third kappa shape index (κ3) is 2.74. The number of H-pyrrole nitrogens is 1. The van der Waals surface area contributed by atoms with Gasteiger partial charge in [-0.2, -0.15) is 0 Å². The summed E-state index contributed by atoms with van der Waals surface area (Å²) in [6.07, 6.45) is 5.54. The second kappa shape index (κ2) is 6.41. The number of hydrogen-bond donors (Lipinski definition) is 1. The summed E-state index contributed by atoms with van der Waals surface area (Å²) in [5.74, 6) is 1.38. The fourth-order valence-electron chi connectivity index (χ4n) is 4.14. The lowest BCUT2D eigenvalue weighted by Crippen LogP contribution is -2.46. The van der Waals surface area contributed by atoms with Gasteiger partial charge in [-0.1, -0.05) is 24.3 Å². The number of aromatic amines is 1. The molecule has 0 amide bonds. The van der Waals surface area contributed by atoms with Gasteiger partial charge in [0.2, 0.25) is 0 Å². The molecule has 140 valence electrons. The molecule has 3 aromatic heterocycles. The Morgan fingerprint density at radius 3 is 2.72 bits per heavy atom. The number of hydrogen-bond acceptors (Lipinski definition) is 4. The van der Waals surface area contributed by atoms with E-state index in [0.29, 0.717) is 5.92 Å². The van der Waals surface area contributed by atoms with Gasteiger partial charge in [-0.25, -0.2) is 4.98 Å². The van der Waals surface area contributed by atoms with Crippen LogP contribution in [0.3, 0.4) is 0 Å². The van der Waals surface area contributed by atoms with Crippen LogP contribution in [0.5, 0.6) is 0 Å². The Morgan fingerprint density at radius 1 is 0.862 bits per heavy atom. The zero-order valence-corrected chi connectivity index (χ0v) is 15.8. The lowest BCUT2D eigenvalue weighted by atomic mass is 9.92. The molecule has 0 saturated carbocycles. The van der Waals surface area contributed by atoms with E-state index in [1.54, 1.807) is 12.4 Å². The van der Waals surface area contributed by atoms with Crippen LogP contribution in [0.25, 0.3) is 33.1 Å². The van der Waals surface area contributed by atoms with Crippen molar-refractivity contribution in [2.24, 2.45) is 0 Å².